The van der Waals surface area contributed by atoms with Crippen molar-refractivity contribution in [3.63, 3.8) is 0 Å². The first-order valence-corrected chi connectivity index (χ1v) is 8.92. The summed E-state index contributed by atoms with van der Waals surface area (Å²) >= 11 is 0. The molecule has 1 fully saturated rings. The molecule has 24 heavy (non-hydrogen) atoms. The van der Waals surface area contributed by atoms with Crippen molar-refractivity contribution in [2.24, 2.45) is 17.6 Å². The van der Waals surface area contributed by atoms with Crippen LogP contribution in [0.15, 0.2) is 40.8 Å². The van der Waals surface area contributed by atoms with Gasteiger partial charge in [0.1, 0.15) is 11.5 Å². The van der Waals surface area contributed by atoms with Gasteiger partial charge < -0.3 is 15.1 Å². The van der Waals surface area contributed by atoms with Crippen LogP contribution in [-0.4, -0.2) is 23.9 Å². The van der Waals surface area contributed by atoms with Gasteiger partial charge in [0.25, 0.3) is 0 Å². The number of hydrogen-bond donors (Lipinski definition) is 1. The highest BCUT2D eigenvalue weighted by Gasteiger charge is 2.36. The first kappa shape index (κ1) is 15.5. The zero-order valence-electron chi connectivity index (χ0n) is 13.9. The summed E-state index contributed by atoms with van der Waals surface area (Å²) in [7, 11) is 0. The molecule has 1 amide bonds. The van der Waals surface area contributed by atoms with Gasteiger partial charge in [0.15, 0.2) is 0 Å². The molecule has 1 aliphatic heterocycles. The number of nitrogens with zero attached hydrogens (tertiary/aromatic N) is 1. The van der Waals surface area contributed by atoms with E-state index in [2.05, 4.69) is 18.2 Å². The molecule has 2 N–H and O–H groups in total. The second kappa shape index (κ2) is 6.44. The zero-order chi connectivity index (χ0) is 16.5. The molecule has 2 aliphatic rings. The lowest BCUT2D eigenvalue weighted by Gasteiger charge is -2.30. The van der Waals surface area contributed by atoms with Gasteiger partial charge in [-0.05, 0) is 43.4 Å². The van der Waals surface area contributed by atoms with Gasteiger partial charge in [0, 0.05) is 18.0 Å². The summed E-state index contributed by atoms with van der Waals surface area (Å²) in [6, 6.07) is 12.3. The maximum Gasteiger partial charge on any atom is 0.226 e. The van der Waals surface area contributed by atoms with Gasteiger partial charge in [-0.15, -0.1) is 0 Å². The summed E-state index contributed by atoms with van der Waals surface area (Å²) in [5, 5.41) is 0. The Morgan fingerprint density at radius 3 is 2.88 bits per heavy atom. The first-order chi connectivity index (χ1) is 11.8. The van der Waals surface area contributed by atoms with Crippen molar-refractivity contribution < 1.29 is 9.21 Å². The molecule has 1 aromatic heterocycles. The van der Waals surface area contributed by atoms with Gasteiger partial charge >= 0.3 is 0 Å². The molecule has 2 heterocycles. The third kappa shape index (κ3) is 2.75. The number of furan rings is 1. The van der Waals surface area contributed by atoms with Gasteiger partial charge in [-0.2, -0.15) is 0 Å². The minimum atomic E-state index is 0.111. The Morgan fingerprint density at radius 1 is 1.25 bits per heavy atom. The molecule has 2 aromatic rings. The summed E-state index contributed by atoms with van der Waals surface area (Å²) in [6.45, 7) is 2.00. The van der Waals surface area contributed by atoms with Crippen LogP contribution in [0.3, 0.4) is 0 Å². The quantitative estimate of drug-likeness (QED) is 0.943. The number of rotatable bonds is 3. The fourth-order valence-electron chi connectivity index (χ4n) is 4.13. The molecule has 4 nitrogen and oxygen atoms in total. The normalized spacial score (nSPS) is 23.3. The minimum Gasteiger partial charge on any atom is -0.459 e. The van der Waals surface area contributed by atoms with E-state index in [0.29, 0.717) is 19.0 Å². The summed E-state index contributed by atoms with van der Waals surface area (Å²) < 4.78 is 6.07. The van der Waals surface area contributed by atoms with Gasteiger partial charge in [0.05, 0.1) is 6.54 Å². The highest BCUT2D eigenvalue weighted by atomic mass is 16.3. The van der Waals surface area contributed by atoms with Crippen molar-refractivity contribution in [2.75, 3.05) is 13.1 Å². The fourth-order valence-corrected chi connectivity index (χ4v) is 4.13. The number of amides is 1. The van der Waals surface area contributed by atoms with E-state index >= 15 is 0 Å². The SMILES string of the molecule is NC[C@H]1CCC[C@H]1C(=O)N1CCc2cc(-c3ccccc3)oc2C1. The number of carbonyl (C=O) groups excluding carboxylic acids is 1. The third-order valence-corrected chi connectivity index (χ3v) is 5.53. The highest BCUT2D eigenvalue weighted by molar-refractivity contribution is 5.79. The number of hydrogen-bond acceptors (Lipinski definition) is 3. The smallest absolute Gasteiger partial charge is 0.226 e. The number of carbonyl (C=O) groups is 1. The summed E-state index contributed by atoms with van der Waals surface area (Å²) in [5.74, 6) is 2.58. The van der Waals surface area contributed by atoms with E-state index in [1.807, 2.05) is 23.1 Å². The summed E-state index contributed by atoms with van der Waals surface area (Å²) in [4.78, 5) is 14.9. The van der Waals surface area contributed by atoms with Crippen molar-refractivity contribution in [1.82, 2.24) is 4.90 Å². The molecule has 0 unspecified atom stereocenters. The predicted octanol–water partition coefficient (Wildman–Crippen LogP) is 3.21. The lowest BCUT2D eigenvalue weighted by atomic mass is 9.94. The molecule has 126 valence electrons. The van der Waals surface area contributed by atoms with Crippen LogP contribution in [-0.2, 0) is 17.8 Å². The van der Waals surface area contributed by atoms with Crippen LogP contribution >= 0.6 is 0 Å². The van der Waals surface area contributed by atoms with E-state index in [0.717, 1.165) is 49.3 Å². The van der Waals surface area contributed by atoms with Gasteiger partial charge in [-0.3, -0.25) is 4.79 Å². The fraction of sp³-hybridized carbons (Fsp3) is 0.450. The molecule has 1 saturated carbocycles. The maximum absolute atomic E-state index is 12.9. The van der Waals surface area contributed by atoms with Crippen LogP contribution in [0.1, 0.15) is 30.6 Å². The van der Waals surface area contributed by atoms with Gasteiger partial charge in [0.2, 0.25) is 5.91 Å². The molecule has 0 radical (unpaired) electrons. The molecular weight excluding hydrogens is 300 g/mol. The van der Waals surface area contributed by atoms with E-state index in [1.54, 1.807) is 0 Å². The van der Waals surface area contributed by atoms with Gasteiger partial charge in [-0.1, -0.05) is 36.8 Å². The number of fused-ring (bicyclic) bond motifs is 1. The van der Waals surface area contributed by atoms with Crippen LogP contribution in [0.5, 0.6) is 0 Å². The highest BCUT2D eigenvalue weighted by Crippen LogP contribution is 2.35. The van der Waals surface area contributed by atoms with E-state index in [1.165, 1.54) is 5.56 Å². The van der Waals surface area contributed by atoms with E-state index in [9.17, 15) is 4.79 Å². The predicted molar refractivity (Wildman–Crippen MR) is 93.2 cm³/mol. The van der Waals surface area contributed by atoms with Crippen molar-refractivity contribution in [2.45, 2.75) is 32.2 Å². The molecule has 4 rings (SSSR count). The first-order valence-electron chi connectivity index (χ1n) is 8.92. The molecule has 1 aromatic carbocycles. The van der Waals surface area contributed by atoms with Crippen LogP contribution in [0, 0.1) is 11.8 Å². The molecule has 1 aliphatic carbocycles. The Balaban J connectivity index is 1.52. The van der Waals surface area contributed by atoms with E-state index < -0.39 is 0 Å². The lowest BCUT2D eigenvalue weighted by Crippen LogP contribution is -2.41. The van der Waals surface area contributed by atoms with Crippen molar-refractivity contribution in [3.05, 3.63) is 47.7 Å². The van der Waals surface area contributed by atoms with E-state index in [4.69, 9.17) is 10.2 Å². The zero-order valence-corrected chi connectivity index (χ0v) is 13.9. The standard InChI is InChI=1S/C20H24N2O2/c21-12-16-7-4-8-17(16)20(23)22-10-9-15-11-18(24-19(15)13-22)14-5-2-1-3-6-14/h1-3,5-6,11,16-17H,4,7-10,12-13,21H2/t16-,17-/m1/s1. The average Bonchev–Trinajstić information content (AvgIpc) is 3.27. The topological polar surface area (TPSA) is 59.5 Å². The van der Waals surface area contributed by atoms with Crippen molar-refractivity contribution in [3.8, 4) is 11.3 Å². The number of nitrogens with two attached hydrogens (primary N) is 1. The minimum absolute atomic E-state index is 0.111. The van der Waals surface area contributed by atoms with Crippen LogP contribution in [0.2, 0.25) is 0 Å². The molecular formula is C20H24N2O2. The molecule has 2 atom stereocenters. The second-order valence-corrected chi connectivity index (χ2v) is 6.97. The second-order valence-electron chi connectivity index (χ2n) is 6.97. The van der Waals surface area contributed by atoms with Crippen LogP contribution in [0.25, 0.3) is 11.3 Å². The monoisotopic (exact) mass is 324 g/mol. The van der Waals surface area contributed by atoms with E-state index in [-0.39, 0.29) is 11.8 Å². The molecule has 0 saturated heterocycles. The molecule has 4 heteroatoms. The summed E-state index contributed by atoms with van der Waals surface area (Å²) in [5.41, 5.74) is 8.17. The van der Waals surface area contributed by atoms with Gasteiger partial charge in [-0.25, -0.2) is 0 Å². The van der Waals surface area contributed by atoms with Crippen molar-refractivity contribution in [1.29, 1.82) is 0 Å². The Hall–Kier alpha value is -2.07. The Bertz CT molecular complexity index is 722. The van der Waals surface area contributed by atoms with Crippen molar-refractivity contribution >= 4 is 5.91 Å². The Morgan fingerprint density at radius 2 is 2.08 bits per heavy atom. The lowest BCUT2D eigenvalue weighted by molar-refractivity contribution is -0.137. The number of benzene rings is 1. The Kier molecular flexibility index (Phi) is 4.15. The van der Waals surface area contributed by atoms with Crippen LogP contribution < -0.4 is 5.73 Å². The molecule has 0 bridgehead atoms. The molecule has 0 spiro atoms. The van der Waals surface area contributed by atoms with Crippen LogP contribution in [0.4, 0.5) is 0 Å². The Labute approximate surface area is 142 Å². The average molecular weight is 324 g/mol. The largest absolute Gasteiger partial charge is 0.459 e. The third-order valence-electron chi connectivity index (χ3n) is 5.53. The maximum atomic E-state index is 12.9. The summed E-state index contributed by atoms with van der Waals surface area (Å²) in [6.07, 6.45) is 4.07.